The van der Waals surface area contributed by atoms with Gasteiger partial charge in [-0.1, -0.05) is 49.6 Å². The largest absolute Gasteiger partial charge is 0.352 e. The summed E-state index contributed by atoms with van der Waals surface area (Å²) in [5.41, 5.74) is 2.74. The predicted molar refractivity (Wildman–Crippen MR) is 149 cm³/mol. The third-order valence-electron chi connectivity index (χ3n) is 7.41. The molecule has 2 aromatic carbocycles. The van der Waals surface area contributed by atoms with Crippen molar-refractivity contribution in [1.82, 2.24) is 10.2 Å². The molecule has 1 saturated carbocycles. The molecule has 1 atom stereocenters. The molecular formula is C29H40FN3O4S. The standard InChI is InChI=1S/C29H40FN3O4S/c1-21-12-10-17-27(22(21)2)33(38(4,36)37)19-11-18-28(34)32(20-24-13-8-9-16-26(24)30)23(3)29(35)31-25-14-6-5-7-15-25/h8-10,12-13,16-17,23,25H,5-7,11,14-15,18-20H2,1-4H3,(H,31,35)/t23-/m0/s1. The smallest absolute Gasteiger partial charge is 0.242 e. The first-order valence-electron chi connectivity index (χ1n) is 13.4. The van der Waals surface area contributed by atoms with E-state index in [2.05, 4.69) is 5.32 Å². The number of benzene rings is 2. The minimum absolute atomic E-state index is 0.0202. The molecule has 0 radical (unpaired) electrons. The van der Waals surface area contributed by atoms with Crippen LogP contribution in [0.25, 0.3) is 0 Å². The molecule has 1 fully saturated rings. The zero-order valence-electron chi connectivity index (χ0n) is 22.9. The van der Waals surface area contributed by atoms with Crippen molar-refractivity contribution in [2.24, 2.45) is 0 Å². The van der Waals surface area contributed by atoms with Crippen molar-refractivity contribution < 1.29 is 22.4 Å². The van der Waals surface area contributed by atoms with E-state index in [4.69, 9.17) is 0 Å². The lowest BCUT2D eigenvalue weighted by atomic mass is 9.95. The number of hydrogen-bond donors (Lipinski definition) is 1. The Morgan fingerprint density at radius 1 is 1.05 bits per heavy atom. The van der Waals surface area contributed by atoms with Gasteiger partial charge in [-0.15, -0.1) is 0 Å². The number of nitrogens with one attached hydrogen (secondary N) is 1. The lowest BCUT2D eigenvalue weighted by Crippen LogP contribution is -2.50. The van der Waals surface area contributed by atoms with Gasteiger partial charge in [0.15, 0.2) is 0 Å². The van der Waals surface area contributed by atoms with E-state index in [0.29, 0.717) is 11.3 Å². The highest BCUT2D eigenvalue weighted by atomic mass is 32.2. The van der Waals surface area contributed by atoms with Crippen molar-refractivity contribution in [1.29, 1.82) is 0 Å². The second-order valence-corrected chi connectivity index (χ2v) is 12.2. The van der Waals surface area contributed by atoms with Crippen molar-refractivity contribution in [3.8, 4) is 0 Å². The van der Waals surface area contributed by atoms with E-state index in [1.165, 1.54) is 15.3 Å². The summed E-state index contributed by atoms with van der Waals surface area (Å²) in [5, 5.41) is 3.07. The van der Waals surface area contributed by atoms with Crippen molar-refractivity contribution in [3.63, 3.8) is 0 Å². The van der Waals surface area contributed by atoms with Crippen LogP contribution in [0.3, 0.4) is 0 Å². The van der Waals surface area contributed by atoms with E-state index < -0.39 is 21.9 Å². The zero-order valence-corrected chi connectivity index (χ0v) is 23.7. The molecule has 2 aromatic rings. The second-order valence-electron chi connectivity index (χ2n) is 10.3. The van der Waals surface area contributed by atoms with Crippen LogP contribution >= 0.6 is 0 Å². The van der Waals surface area contributed by atoms with Crippen molar-refractivity contribution in [3.05, 3.63) is 65.0 Å². The molecule has 38 heavy (non-hydrogen) atoms. The van der Waals surface area contributed by atoms with Crippen molar-refractivity contribution >= 4 is 27.5 Å². The summed E-state index contributed by atoms with van der Waals surface area (Å²) >= 11 is 0. The van der Waals surface area contributed by atoms with Crippen LogP contribution in [0.1, 0.15) is 68.6 Å². The Bertz CT molecular complexity index is 1230. The summed E-state index contributed by atoms with van der Waals surface area (Å²) in [6, 6.07) is 11.0. The third kappa shape index (κ3) is 7.79. The fourth-order valence-electron chi connectivity index (χ4n) is 4.95. The number of rotatable bonds is 11. The Hall–Kier alpha value is -2.94. The van der Waals surface area contributed by atoms with Crippen LogP contribution in [-0.2, 0) is 26.2 Å². The van der Waals surface area contributed by atoms with Gasteiger partial charge in [-0.3, -0.25) is 13.9 Å². The van der Waals surface area contributed by atoms with Gasteiger partial charge >= 0.3 is 0 Å². The molecule has 0 unspecified atom stereocenters. The molecule has 7 nitrogen and oxygen atoms in total. The number of anilines is 1. The monoisotopic (exact) mass is 545 g/mol. The van der Waals surface area contributed by atoms with Gasteiger partial charge in [-0.2, -0.15) is 0 Å². The van der Waals surface area contributed by atoms with Gasteiger partial charge in [0.05, 0.1) is 11.9 Å². The topological polar surface area (TPSA) is 86.8 Å². The quantitative estimate of drug-likeness (QED) is 0.437. The summed E-state index contributed by atoms with van der Waals surface area (Å²) in [5.74, 6) is -1.02. The number of carbonyl (C=O) groups is 2. The average molecular weight is 546 g/mol. The average Bonchev–Trinajstić information content (AvgIpc) is 2.87. The lowest BCUT2D eigenvalue weighted by molar-refractivity contribution is -0.141. The van der Waals surface area contributed by atoms with E-state index in [-0.39, 0.29) is 43.8 Å². The summed E-state index contributed by atoms with van der Waals surface area (Å²) in [4.78, 5) is 28.0. The molecule has 0 bridgehead atoms. The van der Waals surface area contributed by atoms with Crippen LogP contribution in [0.15, 0.2) is 42.5 Å². The number of hydrogen-bond acceptors (Lipinski definition) is 4. The highest BCUT2D eigenvalue weighted by Gasteiger charge is 2.29. The van der Waals surface area contributed by atoms with Crippen LogP contribution in [0.2, 0.25) is 0 Å². The molecule has 0 spiro atoms. The van der Waals surface area contributed by atoms with Gasteiger partial charge in [0.2, 0.25) is 21.8 Å². The van der Waals surface area contributed by atoms with Crippen LogP contribution in [0.5, 0.6) is 0 Å². The van der Waals surface area contributed by atoms with E-state index in [0.717, 1.165) is 49.5 Å². The molecule has 0 aromatic heterocycles. The Morgan fingerprint density at radius 3 is 2.39 bits per heavy atom. The first-order chi connectivity index (χ1) is 18.0. The molecule has 1 N–H and O–H groups in total. The fraction of sp³-hybridized carbons (Fsp3) is 0.517. The molecule has 2 amide bonds. The van der Waals surface area contributed by atoms with Gasteiger partial charge in [-0.05, 0) is 63.3 Å². The fourth-order valence-corrected chi connectivity index (χ4v) is 5.97. The zero-order chi connectivity index (χ0) is 27.9. The van der Waals surface area contributed by atoms with Gasteiger partial charge < -0.3 is 10.2 Å². The van der Waals surface area contributed by atoms with E-state index in [1.807, 2.05) is 26.0 Å². The number of sulfonamides is 1. The van der Waals surface area contributed by atoms with Crippen LogP contribution in [0, 0.1) is 19.7 Å². The Labute approximate surface area is 226 Å². The third-order valence-corrected chi connectivity index (χ3v) is 8.59. The second kappa shape index (κ2) is 13.2. The summed E-state index contributed by atoms with van der Waals surface area (Å²) in [6.45, 7) is 5.53. The summed E-state index contributed by atoms with van der Waals surface area (Å²) < 4.78 is 41.0. The van der Waals surface area contributed by atoms with Crippen molar-refractivity contribution in [2.75, 3.05) is 17.1 Å². The Morgan fingerprint density at radius 2 is 1.74 bits per heavy atom. The molecule has 0 saturated heterocycles. The SMILES string of the molecule is Cc1cccc(N(CCCC(=O)N(Cc2ccccc2F)[C@@H](C)C(=O)NC2CCCCC2)S(C)(=O)=O)c1C. The highest BCUT2D eigenvalue weighted by molar-refractivity contribution is 7.92. The summed E-state index contributed by atoms with van der Waals surface area (Å²) in [7, 11) is -3.58. The van der Waals surface area contributed by atoms with Gasteiger partial charge in [-0.25, -0.2) is 12.8 Å². The lowest BCUT2D eigenvalue weighted by Gasteiger charge is -2.31. The van der Waals surface area contributed by atoms with Gasteiger partial charge in [0.25, 0.3) is 0 Å². The number of halogens is 1. The molecule has 208 valence electrons. The van der Waals surface area contributed by atoms with Crippen LogP contribution in [-0.4, -0.2) is 50.0 Å². The van der Waals surface area contributed by atoms with E-state index >= 15 is 0 Å². The van der Waals surface area contributed by atoms with Crippen molar-refractivity contribution in [2.45, 2.75) is 84.3 Å². The Balaban J connectivity index is 1.75. The Kier molecular flexibility index (Phi) is 10.3. The molecule has 0 aliphatic heterocycles. The maximum absolute atomic E-state index is 14.5. The first kappa shape index (κ1) is 29.6. The van der Waals surface area contributed by atoms with Crippen LogP contribution < -0.4 is 9.62 Å². The molecule has 1 aliphatic carbocycles. The number of aryl methyl sites for hydroxylation is 1. The molecule has 9 heteroatoms. The number of carbonyl (C=O) groups excluding carboxylic acids is 2. The van der Waals surface area contributed by atoms with Crippen LogP contribution in [0.4, 0.5) is 10.1 Å². The maximum atomic E-state index is 14.5. The minimum atomic E-state index is -3.58. The molecular weight excluding hydrogens is 505 g/mol. The first-order valence-corrected chi connectivity index (χ1v) is 15.2. The van der Waals surface area contributed by atoms with Gasteiger partial charge in [0, 0.05) is 31.1 Å². The maximum Gasteiger partial charge on any atom is 0.242 e. The molecule has 3 rings (SSSR count). The predicted octanol–water partition coefficient (Wildman–Crippen LogP) is 4.85. The molecule has 0 heterocycles. The highest BCUT2D eigenvalue weighted by Crippen LogP contribution is 2.26. The van der Waals surface area contributed by atoms with Gasteiger partial charge in [0.1, 0.15) is 11.9 Å². The normalized spacial score (nSPS) is 15.1. The number of amides is 2. The molecule has 1 aliphatic rings. The minimum Gasteiger partial charge on any atom is -0.352 e. The van der Waals surface area contributed by atoms with E-state index in [1.54, 1.807) is 31.2 Å². The summed E-state index contributed by atoms with van der Waals surface area (Å²) in [6.07, 6.45) is 6.54. The number of nitrogens with zero attached hydrogens (tertiary/aromatic N) is 2. The van der Waals surface area contributed by atoms with E-state index in [9.17, 15) is 22.4 Å².